The van der Waals surface area contributed by atoms with Crippen LogP contribution in [-0.2, 0) is 4.79 Å². The summed E-state index contributed by atoms with van der Waals surface area (Å²) in [4.78, 5) is 23.0. The van der Waals surface area contributed by atoms with E-state index >= 15 is 0 Å². The van der Waals surface area contributed by atoms with Crippen LogP contribution in [-0.4, -0.2) is 22.2 Å². The number of aromatic hydroxyl groups is 1. The predicted molar refractivity (Wildman–Crippen MR) is 90.4 cm³/mol. The molecule has 6 heteroatoms. The Kier molecular flexibility index (Phi) is 4.12. The summed E-state index contributed by atoms with van der Waals surface area (Å²) in [6.45, 7) is 1.95. The zero-order valence-electron chi connectivity index (χ0n) is 13.1. The van der Waals surface area contributed by atoms with Crippen molar-refractivity contribution in [2.45, 2.75) is 19.3 Å². The Morgan fingerprint density at radius 1 is 1.08 bits per heavy atom. The fourth-order valence-corrected chi connectivity index (χ4v) is 2.64. The number of phenolic OH excluding ortho intramolecular Hbond substituents is 1. The van der Waals surface area contributed by atoms with Gasteiger partial charge in [-0.05, 0) is 49.1 Å². The summed E-state index contributed by atoms with van der Waals surface area (Å²) in [5.41, 5.74) is 2.78. The highest BCUT2D eigenvalue weighted by molar-refractivity contribution is 6.00. The van der Waals surface area contributed by atoms with Crippen molar-refractivity contribution in [1.29, 1.82) is 0 Å². The minimum absolute atomic E-state index is 0.0645. The van der Waals surface area contributed by atoms with Gasteiger partial charge in [0.15, 0.2) is 0 Å². The number of carbonyl (C=O) groups is 2. The molecular formula is C18H18N2O4. The van der Waals surface area contributed by atoms with Crippen molar-refractivity contribution in [2.24, 2.45) is 5.92 Å². The van der Waals surface area contributed by atoms with E-state index in [-0.39, 0.29) is 23.3 Å². The average molecular weight is 326 g/mol. The quantitative estimate of drug-likeness (QED) is 0.646. The SMILES string of the molecule is Cc1ccc(NC(=O)Nc2cc(C3CC3C(=O)O)ccc2O)cc1. The Morgan fingerprint density at radius 2 is 1.79 bits per heavy atom. The maximum absolute atomic E-state index is 12.1. The topological polar surface area (TPSA) is 98.7 Å². The van der Waals surface area contributed by atoms with E-state index in [2.05, 4.69) is 10.6 Å². The second-order valence-electron chi connectivity index (χ2n) is 6.01. The number of carbonyl (C=O) groups excluding carboxylic acids is 1. The number of urea groups is 1. The minimum atomic E-state index is -0.820. The lowest BCUT2D eigenvalue weighted by molar-refractivity contribution is -0.138. The highest BCUT2D eigenvalue weighted by Crippen LogP contribution is 2.48. The van der Waals surface area contributed by atoms with E-state index in [9.17, 15) is 14.7 Å². The van der Waals surface area contributed by atoms with E-state index in [0.29, 0.717) is 12.1 Å². The van der Waals surface area contributed by atoms with Crippen LogP contribution in [0.1, 0.15) is 23.5 Å². The molecule has 6 nitrogen and oxygen atoms in total. The van der Waals surface area contributed by atoms with Crippen LogP contribution >= 0.6 is 0 Å². The highest BCUT2D eigenvalue weighted by atomic mass is 16.4. The summed E-state index contributed by atoms with van der Waals surface area (Å²) in [6.07, 6.45) is 0.578. The van der Waals surface area contributed by atoms with Crippen molar-refractivity contribution in [3.8, 4) is 5.75 Å². The highest BCUT2D eigenvalue weighted by Gasteiger charge is 2.44. The molecule has 124 valence electrons. The number of hydrogen-bond acceptors (Lipinski definition) is 3. The molecule has 0 heterocycles. The molecule has 2 aromatic rings. The van der Waals surface area contributed by atoms with Gasteiger partial charge in [0, 0.05) is 5.69 Å². The molecule has 0 saturated heterocycles. The van der Waals surface area contributed by atoms with Gasteiger partial charge in [0.2, 0.25) is 0 Å². The Labute approximate surface area is 139 Å². The largest absolute Gasteiger partial charge is 0.506 e. The number of anilines is 2. The third-order valence-corrected chi connectivity index (χ3v) is 4.11. The van der Waals surface area contributed by atoms with Crippen LogP contribution in [0.25, 0.3) is 0 Å². The number of carboxylic acid groups (broad SMARTS) is 1. The number of benzene rings is 2. The van der Waals surface area contributed by atoms with Crippen LogP contribution < -0.4 is 10.6 Å². The van der Waals surface area contributed by atoms with Gasteiger partial charge in [-0.3, -0.25) is 4.79 Å². The monoisotopic (exact) mass is 326 g/mol. The van der Waals surface area contributed by atoms with Crippen molar-refractivity contribution in [2.75, 3.05) is 10.6 Å². The maximum atomic E-state index is 12.1. The van der Waals surface area contributed by atoms with E-state index in [1.165, 1.54) is 6.07 Å². The Hall–Kier alpha value is -3.02. The number of aryl methyl sites for hydroxylation is 1. The van der Waals surface area contributed by atoms with Gasteiger partial charge in [0.1, 0.15) is 5.75 Å². The lowest BCUT2D eigenvalue weighted by atomic mass is 10.1. The van der Waals surface area contributed by atoms with E-state index in [1.54, 1.807) is 24.3 Å². The number of amides is 2. The summed E-state index contributed by atoms with van der Waals surface area (Å²) in [5.74, 6) is -1.34. The van der Waals surface area contributed by atoms with Gasteiger partial charge in [-0.1, -0.05) is 23.8 Å². The average Bonchev–Trinajstić information content (AvgIpc) is 3.32. The van der Waals surface area contributed by atoms with Gasteiger partial charge in [0.25, 0.3) is 0 Å². The summed E-state index contributed by atoms with van der Waals surface area (Å²) >= 11 is 0. The van der Waals surface area contributed by atoms with Gasteiger partial charge >= 0.3 is 12.0 Å². The first kappa shape index (κ1) is 15.9. The third kappa shape index (κ3) is 3.48. The normalized spacial score (nSPS) is 18.7. The first-order chi connectivity index (χ1) is 11.4. The number of phenols is 1. The van der Waals surface area contributed by atoms with Crippen molar-refractivity contribution < 1.29 is 19.8 Å². The first-order valence-electron chi connectivity index (χ1n) is 7.64. The van der Waals surface area contributed by atoms with E-state index < -0.39 is 12.0 Å². The number of carboxylic acids is 1. The molecule has 1 aliphatic rings. The van der Waals surface area contributed by atoms with Crippen molar-refractivity contribution in [3.63, 3.8) is 0 Å². The first-order valence-corrected chi connectivity index (χ1v) is 7.64. The molecular weight excluding hydrogens is 308 g/mol. The molecule has 1 aliphatic carbocycles. The summed E-state index contributed by atoms with van der Waals surface area (Å²) in [5, 5.41) is 24.2. The van der Waals surface area contributed by atoms with Crippen LogP contribution in [0, 0.1) is 12.8 Å². The Balaban J connectivity index is 1.69. The lowest BCUT2D eigenvalue weighted by Crippen LogP contribution is -2.19. The van der Waals surface area contributed by atoms with E-state index in [4.69, 9.17) is 5.11 Å². The molecule has 0 radical (unpaired) electrons. The Morgan fingerprint density at radius 3 is 2.42 bits per heavy atom. The number of aliphatic carboxylic acids is 1. The summed E-state index contributed by atoms with van der Waals surface area (Å²) in [6, 6.07) is 11.6. The standard InChI is InChI=1S/C18H18N2O4/c1-10-2-5-12(6-3-10)19-18(24)20-15-8-11(4-7-16(15)21)13-9-14(13)17(22)23/h2-8,13-14,21H,9H2,1H3,(H,22,23)(H2,19,20,24). The lowest BCUT2D eigenvalue weighted by Gasteiger charge is -2.11. The number of rotatable bonds is 4. The molecule has 2 atom stereocenters. The second-order valence-corrected chi connectivity index (χ2v) is 6.01. The van der Waals surface area contributed by atoms with Gasteiger partial charge in [0.05, 0.1) is 11.6 Å². The second kappa shape index (κ2) is 6.23. The molecule has 4 N–H and O–H groups in total. The van der Waals surface area contributed by atoms with Gasteiger partial charge in [-0.2, -0.15) is 0 Å². The molecule has 0 bridgehead atoms. The van der Waals surface area contributed by atoms with Gasteiger partial charge in [-0.15, -0.1) is 0 Å². The molecule has 0 aromatic heterocycles. The minimum Gasteiger partial charge on any atom is -0.506 e. The van der Waals surface area contributed by atoms with Gasteiger partial charge in [-0.25, -0.2) is 4.79 Å². The van der Waals surface area contributed by atoms with Crippen LogP contribution in [0.3, 0.4) is 0 Å². The van der Waals surface area contributed by atoms with Crippen LogP contribution in [0.2, 0.25) is 0 Å². The van der Waals surface area contributed by atoms with E-state index in [0.717, 1.165) is 11.1 Å². The third-order valence-electron chi connectivity index (χ3n) is 4.11. The van der Waals surface area contributed by atoms with Crippen molar-refractivity contribution in [1.82, 2.24) is 0 Å². The van der Waals surface area contributed by atoms with Crippen LogP contribution in [0.4, 0.5) is 16.2 Å². The fourth-order valence-electron chi connectivity index (χ4n) is 2.64. The zero-order valence-corrected chi connectivity index (χ0v) is 13.1. The molecule has 3 rings (SSSR count). The fraction of sp³-hybridized carbons (Fsp3) is 0.222. The Bertz CT molecular complexity index is 786. The molecule has 24 heavy (non-hydrogen) atoms. The molecule has 1 fully saturated rings. The summed E-state index contributed by atoms with van der Waals surface area (Å²) < 4.78 is 0. The maximum Gasteiger partial charge on any atom is 0.323 e. The van der Waals surface area contributed by atoms with Crippen molar-refractivity contribution in [3.05, 3.63) is 53.6 Å². The molecule has 0 spiro atoms. The van der Waals surface area contributed by atoms with Crippen molar-refractivity contribution >= 4 is 23.4 Å². The number of nitrogens with one attached hydrogen (secondary N) is 2. The molecule has 2 unspecified atom stereocenters. The molecule has 2 aromatic carbocycles. The zero-order chi connectivity index (χ0) is 17.3. The van der Waals surface area contributed by atoms with E-state index in [1.807, 2.05) is 19.1 Å². The molecule has 0 aliphatic heterocycles. The predicted octanol–water partition coefficient (Wildman–Crippen LogP) is 3.53. The number of hydrogen-bond donors (Lipinski definition) is 4. The molecule has 1 saturated carbocycles. The van der Waals surface area contributed by atoms with Crippen LogP contribution in [0.5, 0.6) is 5.75 Å². The van der Waals surface area contributed by atoms with Crippen LogP contribution in [0.15, 0.2) is 42.5 Å². The van der Waals surface area contributed by atoms with Gasteiger partial charge < -0.3 is 20.8 Å². The molecule has 2 amide bonds. The summed E-state index contributed by atoms with van der Waals surface area (Å²) in [7, 11) is 0. The smallest absolute Gasteiger partial charge is 0.323 e.